The van der Waals surface area contributed by atoms with E-state index in [-0.39, 0.29) is 18.4 Å². The average Bonchev–Trinajstić information content (AvgIpc) is 2.25. The number of rotatable bonds is 5. The molecule has 1 atom stereocenters. The summed E-state index contributed by atoms with van der Waals surface area (Å²) in [4.78, 5) is 0. The van der Waals surface area contributed by atoms with Crippen molar-refractivity contribution in [2.75, 3.05) is 13.7 Å². The SMILES string of the molecule is COc1ccc([C@@H](N)CCCN)c(C)c1.Cl. The van der Waals surface area contributed by atoms with Gasteiger partial charge in [-0.3, -0.25) is 0 Å². The third-order valence-corrected chi connectivity index (χ3v) is 2.60. The molecule has 0 bridgehead atoms. The van der Waals surface area contributed by atoms with Gasteiger partial charge >= 0.3 is 0 Å². The van der Waals surface area contributed by atoms with Crippen molar-refractivity contribution < 1.29 is 4.74 Å². The summed E-state index contributed by atoms with van der Waals surface area (Å²) in [7, 11) is 1.67. The molecule has 4 heteroatoms. The van der Waals surface area contributed by atoms with E-state index in [1.54, 1.807) is 7.11 Å². The van der Waals surface area contributed by atoms with Gasteiger partial charge in [0.25, 0.3) is 0 Å². The Kier molecular flexibility index (Phi) is 7.13. The van der Waals surface area contributed by atoms with Crippen LogP contribution >= 0.6 is 12.4 Å². The maximum atomic E-state index is 6.08. The molecule has 0 aliphatic carbocycles. The predicted molar refractivity (Wildman–Crippen MR) is 70.2 cm³/mol. The molecule has 3 nitrogen and oxygen atoms in total. The molecule has 0 fully saturated rings. The fraction of sp³-hybridized carbons (Fsp3) is 0.500. The van der Waals surface area contributed by atoms with Gasteiger partial charge in [-0.15, -0.1) is 12.4 Å². The Hall–Kier alpha value is -0.770. The summed E-state index contributed by atoms with van der Waals surface area (Å²) in [6.07, 6.45) is 1.90. The molecule has 0 aliphatic heterocycles. The summed E-state index contributed by atoms with van der Waals surface area (Å²) in [6, 6.07) is 6.08. The van der Waals surface area contributed by atoms with Gasteiger partial charge in [-0.1, -0.05) is 6.07 Å². The van der Waals surface area contributed by atoms with Crippen molar-refractivity contribution in [1.29, 1.82) is 0 Å². The molecule has 1 aromatic rings. The van der Waals surface area contributed by atoms with E-state index in [0.717, 1.165) is 18.6 Å². The zero-order valence-corrected chi connectivity index (χ0v) is 10.7. The van der Waals surface area contributed by atoms with Crippen LogP contribution in [0.25, 0.3) is 0 Å². The Morgan fingerprint density at radius 2 is 2.06 bits per heavy atom. The van der Waals surface area contributed by atoms with Gasteiger partial charge in [0.05, 0.1) is 7.11 Å². The lowest BCUT2D eigenvalue weighted by atomic mass is 9.98. The first-order valence-corrected chi connectivity index (χ1v) is 5.29. The van der Waals surface area contributed by atoms with Crippen molar-refractivity contribution in [2.45, 2.75) is 25.8 Å². The first-order valence-electron chi connectivity index (χ1n) is 5.29. The predicted octanol–water partition coefficient (Wildman–Crippen LogP) is 2.16. The molecule has 0 heterocycles. The van der Waals surface area contributed by atoms with Gasteiger partial charge < -0.3 is 16.2 Å². The molecule has 0 spiro atoms. The molecule has 16 heavy (non-hydrogen) atoms. The van der Waals surface area contributed by atoms with Crippen molar-refractivity contribution in [2.24, 2.45) is 11.5 Å². The van der Waals surface area contributed by atoms with Crippen molar-refractivity contribution in [1.82, 2.24) is 0 Å². The van der Waals surface area contributed by atoms with Crippen molar-refractivity contribution in [3.63, 3.8) is 0 Å². The van der Waals surface area contributed by atoms with E-state index >= 15 is 0 Å². The standard InChI is InChI=1S/C12H20N2O.ClH/c1-9-8-10(15-2)5-6-11(9)12(14)4-3-7-13;/h5-6,8,12H,3-4,7,13-14H2,1-2H3;1H/t12-;/m0./s1. The minimum absolute atomic E-state index is 0. The Morgan fingerprint density at radius 3 is 2.56 bits per heavy atom. The molecule has 0 saturated heterocycles. The van der Waals surface area contributed by atoms with E-state index in [9.17, 15) is 0 Å². The first kappa shape index (κ1) is 15.2. The third-order valence-electron chi connectivity index (χ3n) is 2.60. The highest BCUT2D eigenvalue weighted by Crippen LogP contribution is 2.23. The molecule has 0 aromatic heterocycles. The lowest BCUT2D eigenvalue weighted by Crippen LogP contribution is -2.13. The second-order valence-corrected chi connectivity index (χ2v) is 3.76. The van der Waals surface area contributed by atoms with Crippen LogP contribution in [0.2, 0.25) is 0 Å². The number of benzene rings is 1. The number of halogens is 1. The number of nitrogens with two attached hydrogens (primary N) is 2. The first-order chi connectivity index (χ1) is 7.19. The molecule has 0 unspecified atom stereocenters. The van der Waals surface area contributed by atoms with Crippen LogP contribution in [-0.4, -0.2) is 13.7 Å². The molecule has 1 rings (SSSR count). The quantitative estimate of drug-likeness (QED) is 0.835. The number of hydrogen-bond acceptors (Lipinski definition) is 3. The maximum Gasteiger partial charge on any atom is 0.119 e. The number of hydrogen-bond donors (Lipinski definition) is 2. The molecule has 1 aromatic carbocycles. The van der Waals surface area contributed by atoms with Gasteiger partial charge in [0, 0.05) is 6.04 Å². The van der Waals surface area contributed by atoms with Crippen molar-refractivity contribution >= 4 is 12.4 Å². The van der Waals surface area contributed by atoms with Crippen molar-refractivity contribution in [3.05, 3.63) is 29.3 Å². The minimum Gasteiger partial charge on any atom is -0.497 e. The smallest absolute Gasteiger partial charge is 0.119 e. The Labute approximate surface area is 104 Å². The Bertz CT molecular complexity index is 318. The molecular weight excluding hydrogens is 224 g/mol. The molecule has 0 amide bonds. The van der Waals surface area contributed by atoms with Crippen LogP contribution < -0.4 is 16.2 Å². The van der Waals surface area contributed by atoms with Crippen LogP contribution in [0.15, 0.2) is 18.2 Å². The van der Waals surface area contributed by atoms with Crippen LogP contribution in [0.4, 0.5) is 0 Å². The van der Waals surface area contributed by atoms with Gasteiger partial charge in [0.15, 0.2) is 0 Å². The highest BCUT2D eigenvalue weighted by atomic mass is 35.5. The van der Waals surface area contributed by atoms with Crippen LogP contribution in [0, 0.1) is 6.92 Å². The summed E-state index contributed by atoms with van der Waals surface area (Å²) in [5, 5.41) is 0. The van der Waals surface area contributed by atoms with E-state index in [4.69, 9.17) is 16.2 Å². The molecule has 0 radical (unpaired) electrons. The highest BCUT2D eigenvalue weighted by Gasteiger charge is 2.08. The molecule has 0 aliphatic rings. The normalized spacial score (nSPS) is 11.8. The van der Waals surface area contributed by atoms with E-state index in [1.165, 1.54) is 11.1 Å². The largest absolute Gasteiger partial charge is 0.497 e. The van der Waals surface area contributed by atoms with Gasteiger partial charge in [0.1, 0.15) is 5.75 Å². The topological polar surface area (TPSA) is 61.3 Å². The minimum atomic E-state index is 0. The Morgan fingerprint density at radius 1 is 1.38 bits per heavy atom. The summed E-state index contributed by atoms with van der Waals surface area (Å²) < 4.78 is 5.15. The second kappa shape index (κ2) is 7.49. The summed E-state index contributed by atoms with van der Waals surface area (Å²) in [6.45, 7) is 2.75. The van der Waals surface area contributed by atoms with Crippen LogP contribution in [0.3, 0.4) is 0 Å². The average molecular weight is 245 g/mol. The second-order valence-electron chi connectivity index (χ2n) is 3.76. The molecule has 92 valence electrons. The molecule has 4 N–H and O–H groups in total. The van der Waals surface area contributed by atoms with Crippen LogP contribution in [-0.2, 0) is 0 Å². The van der Waals surface area contributed by atoms with E-state index in [2.05, 4.69) is 6.92 Å². The summed E-state index contributed by atoms with van der Waals surface area (Å²) in [5.74, 6) is 0.877. The lowest BCUT2D eigenvalue weighted by molar-refractivity contribution is 0.414. The monoisotopic (exact) mass is 244 g/mol. The van der Waals surface area contributed by atoms with Crippen molar-refractivity contribution in [3.8, 4) is 5.75 Å². The molecular formula is C12H21ClN2O. The number of aryl methyl sites for hydroxylation is 1. The van der Waals surface area contributed by atoms with E-state index in [0.29, 0.717) is 6.54 Å². The highest BCUT2D eigenvalue weighted by molar-refractivity contribution is 5.85. The van der Waals surface area contributed by atoms with Gasteiger partial charge in [-0.05, 0) is 49.6 Å². The zero-order valence-electron chi connectivity index (χ0n) is 9.90. The summed E-state index contributed by atoms with van der Waals surface area (Å²) >= 11 is 0. The fourth-order valence-electron chi connectivity index (χ4n) is 1.68. The van der Waals surface area contributed by atoms with E-state index < -0.39 is 0 Å². The molecule has 0 saturated carbocycles. The van der Waals surface area contributed by atoms with Gasteiger partial charge in [-0.2, -0.15) is 0 Å². The van der Waals surface area contributed by atoms with Gasteiger partial charge in [0.2, 0.25) is 0 Å². The summed E-state index contributed by atoms with van der Waals surface area (Å²) in [5.41, 5.74) is 13.9. The van der Waals surface area contributed by atoms with Crippen LogP contribution in [0.5, 0.6) is 5.75 Å². The maximum absolute atomic E-state index is 6.08. The zero-order chi connectivity index (χ0) is 11.3. The van der Waals surface area contributed by atoms with Crippen LogP contribution in [0.1, 0.15) is 30.0 Å². The van der Waals surface area contributed by atoms with E-state index in [1.807, 2.05) is 18.2 Å². The number of ether oxygens (including phenoxy) is 1. The lowest BCUT2D eigenvalue weighted by Gasteiger charge is -2.15. The van der Waals surface area contributed by atoms with Gasteiger partial charge in [-0.25, -0.2) is 0 Å². The Balaban J connectivity index is 0.00000225. The fourth-order valence-corrected chi connectivity index (χ4v) is 1.68. The number of methoxy groups -OCH3 is 1. The third kappa shape index (κ3) is 4.00.